The van der Waals surface area contributed by atoms with E-state index in [9.17, 15) is 9.59 Å². The first kappa shape index (κ1) is 17.1. The van der Waals surface area contributed by atoms with Gasteiger partial charge in [-0.3, -0.25) is 9.59 Å². The average Bonchev–Trinajstić information content (AvgIpc) is 2.28. The number of aliphatic carboxylic acids is 1. The molecule has 17 heavy (non-hydrogen) atoms. The molecular weight excluding hydrogens is 279 g/mol. The van der Waals surface area contributed by atoms with E-state index in [0.717, 1.165) is 12.8 Å². The van der Waals surface area contributed by atoms with Crippen molar-refractivity contribution in [3.63, 3.8) is 0 Å². The van der Waals surface area contributed by atoms with Crippen LogP contribution < -0.4 is 0 Å². The van der Waals surface area contributed by atoms with Crippen LogP contribution in [-0.2, 0) is 14.3 Å². The number of carboxylic acid groups (broad SMARTS) is 1. The van der Waals surface area contributed by atoms with E-state index >= 15 is 0 Å². The SMILES string of the molecule is CCCCCCOC(=O)CSPSCC(=O)O. The first-order chi connectivity index (χ1) is 8.16. The molecule has 0 aliphatic heterocycles. The third-order valence-corrected chi connectivity index (χ3v) is 6.47. The van der Waals surface area contributed by atoms with E-state index in [4.69, 9.17) is 9.84 Å². The van der Waals surface area contributed by atoms with Crippen molar-refractivity contribution >= 4 is 41.7 Å². The fraction of sp³-hybridized carbons (Fsp3) is 0.800. The molecule has 0 aromatic rings. The van der Waals surface area contributed by atoms with Crippen molar-refractivity contribution in [2.75, 3.05) is 18.1 Å². The van der Waals surface area contributed by atoms with E-state index in [0.29, 0.717) is 19.3 Å². The number of carbonyl (C=O) groups excluding carboxylic acids is 1. The number of hydrogen-bond acceptors (Lipinski definition) is 5. The molecule has 0 radical (unpaired) electrons. The summed E-state index contributed by atoms with van der Waals surface area (Å²) in [7, 11) is 0. The van der Waals surface area contributed by atoms with Gasteiger partial charge in [0.2, 0.25) is 0 Å². The predicted molar refractivity (Wildman–Crippen MR) is 76.0 cm³/mol. The van der Waals surface area contributed by atoms with Crippen LogP contribution in [0.4, 0.5) is 0 Å². The maximum absolute atomic E-state index is 11.2. The molecule has 0 aliphatic rings. The van der Waals surface area contributed by atoms with Crippen molar-refractivity contribution < 1.29 is 19.4 Å². The van der Waals surface area contributed by atoms with Gasteiger partial charge in [0.15, 0.2) is 0 Å². The second-order valence-electron chi connectivity index (χ2n) is 3.34. The quantitative estimate of drug-likeness (QED) is 0.359. The molecule has 1 unspecified atom stereocenters. The Morgan fingerprint density at radius 3 is 2.53 bits per heavy atom. The van der Waals surface area contributed by atoms with E-state index in [1.165, 1.54) is 35.6 Å². The third kappa shape index (κ3) is 14.0. The zero-order valence-electron chi connectivity index (χ0n) is 9.94. The minimum absolute atomic E-state index is 0.0948. The fourth-order valence-corrected chi connectivity index (χ4v) is 4.64. The molecule has 1 atom stereocenters. The summed E-state index contributed by atoms with van der Waals surface area (Å²) in [5, 5.41) is 8.39. The molecule has 0 saturated heterocycles. The largest absolute Gasteiger partial charge is 0.481 e. The van der Waals surface area contributed by atoms with Crippen LogP contribution in [0.3, 0.4) is 0 Å². The van der Waals surface area contributed by atoms with Crippen LogP contribution in [0.15, 0.2) is 0 Å². The standard InChI is InChI=1S/C10H19O4PS2/c1-2-3-4-5-6-14-10(13)8-17-15-16-7-9(11)12/h15H,2-8H2,1H3,(H,11,12). The summed E-state index contributed by atoms with van der Waals surface area (Å²) in [6.45, 7) is 3.02. The molecule has 0 heterocycles. The van der Waals surface area contributed by atoms with E-state index in [2.05, 4.69) is 6.92 Å². The van der Waals surface area contributed by atoms with Gasteiger partial charge in [-0.2, -0.15) is 0 Å². The molecule has 1 N–H and O–H groups in total. The third-order valence-electron chi connectivity index (χ3n) is 1.76. The monoisotopic (exact) mass is 298 g/mol. The van der Waals surface area contributed by atoms with Gasteiger partial charge in [0.05, 0.1) is 18.1 Å². The lowest BCUT2D eigenvalue weighted by Crippen LogP contribution is -2.07. The van der Waals surface area contributed by atoms with Gasteiger partial charge in [-0.1, -0.05) is 26.2 Å². The Bertz CT molecular complexity index is 226. The van der Waals surface area contributed by atoms with Gasteiger partial charge >= 0.3 is 11.9 Å². The minimum atomic E-state index is -0.818. The smallest absolute Gasteiger partial charge is 0.316 e. The molecule has 0 amide bonds. The van der Waals surface area contributed by atoms with E-state index < -0.39 is 5.97 Å². The molecule has 0 rings (SSSR count). The van der Waals surface area contributed by atoms with Crippen LogP contribution >= 0.6 is 29.7 Å². The molecule has 0 fully saturated rings. The maximum atomic E-state index is 11.2. The van der Waals surface area contributed by atoms with Gasteiger partial charge in [-0.25, -0.2) is 0 Å². The van der Waals surface area contributed by atoms with Gasteiger partial charge < -0.3 is 9.84 Å². The molecule has 0 aromatic heterocycles. The summed E-state index contributed by atoms with van der Waals surface area (Å²) >= 11 is 2.75. The summed E-state index contributed by atoms with van der Waals surface area (Å²) in [4.78, 5) is 21.4. The Kier molecular flexibility index (Phi) is 12.6. The number of unbranched alkanes of at least 4 members (excludes halogenated alkanes) is 3. The van der Waals surface area contributed by atoms with Crippen LogP contribution in [0, 0.1) is 0 Å². The number of ether oxygens (including phenoxy) is 1. The Balaban J connectivity index is 3.20. The molecule has 0 spiro atoms. The van der Waals surface area contributed by atoms with Crippen molar-refractivity contribution in [1.82, 2.24) is 0 Å². The first-order valence-electron chi connectivity index (χ1n) is 5.52. The molecule has 0 aromatic carbocycles. The number of carboxylic acids is 1. The first-order valence-corrected chi connectivity index (χ1v) is 9.95. The maximum Gasteiger partial charge on any atom is 0.316 e. The Hall–Kier alpha value is 0.0700. The average molecular weight is 298 g/mol. The molecule has 0 saturated carbocycles. The zero-order valence-corrected chi connectivity index (χ0v) is 12.6. The predicted octanol–water partition coefficient (Wildman–Crippen LogP) is 3.17. The van der Waals surface area contributed by atoms with Crippen LogP contribution in [0.1, 0.15) is 32.6 Å². The molecular formula is C10H19O4PS2. The van der Waals surface area contributed by atoms with Crippen molar-refractivity contribution in [2.24, 2.45) is 0 Å². The topological polar surface area (TPSA) is 63.6 Å². The van der Waals surface area contributed by atoms with Crippen molar-refractivity contribution in [3.8, 4) is 0 Å². The Morgan fingerprint density at radius 1 is 1.18 bits per heavy atom. The van der Waals surface area contributed by atoms with E-state index in [1.807, 2.05) is 0 Å². The van der Waals surface area contributed by atoms with Crippen molar-refractivity contribution in [2.45, 2.75) is 32.6 Å². The van der Waals surface area contributed by atoms with Crippen molar-refractivity contribution in [1.29, 1.82) is 0 Å². The lowest BCUT2D eigenvalue weighted by molar-refractivity contribution is -0.140. The number of rotatable bonds is 11. The lowest BCUT2D eigenvalue weighted by Gasteiger charge is -2.04. The summed E-state index contributed by atoms with van der Waals surface area (Å²) in [6, 6.07) is 0. The van der Waals surface area contributed by atoms with Gasteiger partial charge in [0.1, 0.15) is 0 Å². The van der Waals surface area contributed by atoms with Crippen LogP contribution in [0.25, 0.3) is 0 Å². The second-order valence-corrected chi connectivity index (χ2v) is 8.39. The van der Waals surface area contributed by atoms with Gasteiger partial charge in [-0.05, 0) is 13.4 Å². The normalized spacial score (nSPS) is 10.9. The van der Waals surface area contributed by atoms with Crippen molar-refractivity contribution in [3.05, 3.63) is 0 Å². The summed E-state index contributed by atoms with van der Waals surface area (Å²) in [6.07, 6.45) is 4.39. The summed E-state index contributed by atoms with van der Waals surface area (Å²) in [5.41, 5.74) is 0. The highest BCUT2D eigenvalue weighted by molar-refractivity contribution is 8.82. The zero-order chi connectivity index (χ0) is 12.9. The molecule has 0 aliphatic carbocycles. The Morgan fingerprint density at radius 2 is 1.88 bits per heavy atom. The van der Waals surface area contributed by atoms with Crippen LogP contribution in [0.2, 0.25) is 0 Å². The Labute approximate surface area is 112 Å². The second kappa shape index (κ2) is 12.5. The minimum Gasteiger partial charge on any atom is -0.481 e. The highest BCUT2D eigenvalue weighted by atomic mass is 33.1. The molecule has 7 heteroatoms. The highest BCUT2D eigenvalue weighted by Gasteiger charge is 2.03. The number of esters is 1. The van der Waals surface area contributed by atoms with Crippen LogP contribution in [-0.4, -0.2) is 35.2 Å². The van der Waals surface area contributed by atoms with E-state index in [1.54, 1.807) is 0 Å². The van der Waals surface area contributed by atoms with Crippen LogP contribution in [0.5, 0.6) is 0 Å². The molecule has 100 valence electrons. The van der Waals surface area contributed by atoms with Gasteiger partial charge in [-0.15, -0.1) is 22.8 Å². The molecule has 4 nitrogen and oxygen atoms in total. The fourth-order valence-electron chi connectivity index (χ4n) is 0.978. The lowest BCUT2D eigenvalue weighted by atomic mass is 10.2. The number of carbonyl (C=O) groups is 2. The highest BCUT2D eigenvalue weighted by Crippen LogP contribution is 2.41. The summed E-state index contributed by atoms with van der Waals surface area (Å²) < 4.78 is 5.04. The van der Waals surface area contributed by atoms with Gasteiger partial charge in [0.25, 0.3) is 0 Å². The van der Waals surface area contributed by atoms with Gasteiger partial charge in [0, 0.05) is 0 Å². The molecule has 0 bridgehead atoms. The summed E-state index contributed by atoms with van der Waals surface area (Å²) in [5.74, 6) is -0.604. The van der Waals surface area contributed by atoms with E-state index in [-0.39, 0.29) is 11.7 Å². The number of hydrogen-bond donors (Lipinski definition) is 1.